The van der Waals surface area contributed by atoms with Crippen molar-refractivity contribution in [1.82, 2.24) is 0 Å². The van der Waals surface area contributed by atoms with Crippen molar-refractivity contribution in [2.24, 2.45) is 5.73 Å². The van der Waals surface area contributed by atoms with Crippen LogP contribution in [0.25, 0.3) is 6.08 Å². The molecular formula is C10H15NS. The van der Waals surface area contributed by atoms with E-state index in [-0.39, 0.29) is 0 Å². The number of hydrogen-bond donors (Lipinski definition) is 1. The van der Waals surface area contributed by atoms with Gasteiger partial charge in [0.25, 0.3) is 0 Å². The summed E-state index contributed by atoms with van der Waals surface area (Å²) in [5.74, 6) is 0. The molecule has 0 radical (unpaired) electrons. The minimum absolute atomic E-state index is 0.672. The van der Waals surface area contributed by atoms with Crippen LogP contribution < -0.4 is 5.73 Å². The van der Waals surface area contributed by atoms with Crippen molar-refractivity contribution in [2.75, 3.05) is 6.54 Å². The van der Waals surface area contributed by atoms with Crippen molar-refractivity contribution < 1.29 is 0 Å². The second kappa shape index (κ2) is 4.43. The van der Waals surface area contributed by atoms with Crippen LogP contribution in [0.3, 0.4) is 0 Å². The van der Waals surface area contributed by atoms with Gasteiger partial charge < -0.3 is 5.73 Å². The molecular weight excluding hydrogens is 166 g/mol. The van der Waals surface area contributed by atoms with Crippen molar-refractivity contribution in [3.05, 3.63) is 27.5 Å². The molecule has 0 unspecified atom stereocenters. The minimum atomic E-state index is 0.672. The molecule has 2 heteroatoms. The molecule has 0 aliphatic carbocycles. The average Bonchev–Trinajstić information content (AvgIpc) is 2.47. The van der Waals surface area contributed by atoms with E-state index in [0.29, 0.717) is 6.54 Å². The van der Waals surface area contributed by atoms with E-state index in [1.54, 1.807) is 11.3 Å². The quantitative estimate of drug-likeness (QED) is 0.762. The summed E-state index contributed by atoms with van der Waals surface area (Å²) in [4.78, 5) is 1.36. The highest BCUT2D eigenvalue weighted by Crippen LogP contribution is 2.16. The summed E-state index contributed by atoms with van der Waals surface area (Å²) >= 11 is 1.78. The highest BCUT2D eigenvalue weighted by Gasteiger charge is 1.94. The van der Waals surface area contributed by atoms with E-state index >= 15 is 0 Å². The monoisotopic (exact) mass is 181 g/mol. The lowest BCUT2D eigenvalue weighted by Crippen LogP contribution is -2.01. The molecule has 1 nitrogen and oxygen atoms in total. The Kier molecular flexibility index (Phi) is 3.50. The maximum absolute atomic E-state index is 5.57. The maximum atomic E-state index is 5.57. The van der Waals surface area contributed by atoms with Crippen LogP contribution in [-0.4, -0.2) is 6.54 Å². The summed E-state index contributed by atoms with van der Waals surface area (Å²) in [7, 11) is 0. The lowest BCUT2D eigenvalue weighted by atomic mass is 10.1. The van der Waals surface area contributed by atoms with Gasteiger partial charge in [0.15, 0.2) is 0 Å². The van der Waals surface area contributed by atoms with Gasteiger partial charge in [-0.15, -0.1) is 11.3 Å². The van der Waals surface area contributed by atoms with Crippen LogP contribution in [0.4, 0.5) is 0 Å². The molecule has 0 fully saturated rings. The van der Waals surface area contributed by atoms with Crippen LogP contribution in [-0.2, 0) is 0 Å². The van der Waals surface area contributed by atoms with Crippen molar-refractivity contribution in [1.29, 1.82) is 0 Å². The van der Waals surface area contributed by atoms with E-state index < -0.39 is 0 Å². The summed E-state index contributed by atoms with van der Waals surface area (Å²) < 4.78 is 0. The fourth-order valence-corrected chi connectivity index (χ4v) is 1.74. The molecule has 0 atom stereocenters. The van der Waals surface area contributed by atoms with E-state index in [1.807, 2.05) is 0 Å². The van der Waals surface area contributed by atoms with E-state index in [1.165, 1.54) is 16.0 Å². The second-order valence-electron chi connectivity index (χ2n) is 2.85. The smallest absolute Gasteiger partial charge is 0.0140 e. The lowest BCUT2D eigenvalue weighted by molar-refractivity contribution is 1.02. The van der Waals surface area contributed by atoms with Crippen molar-refractivity contribution in [3.63, 3.8) is 0 Å². The van der Waals surface area contributed by atoms with Gasteiger partial charge in [-0.1, -0.05) is 18.6 Å². The molecule has 66 valence electrons. The fourth-order valence-electron chi connectivity index (χ4n) is 1.08. The molecule has 0 amide bonds. The zero-order valence-corrected chi connectivity index (χ0v) is 8.45. The zero-order valence-electron chi connectivity index (χ0n) is 7.63. The van der Waals surface area contributed by atoms with Gasteiger partial charge in [0.2, 0.25) is 0 Å². The molecule has 1 heterocycles. The van der Waals surface area contributed by atoms with Crippen molar-refractivity contribution in [2.45, 2.75) is 20.3 Å². The van der Waals surface area contributed by atoms with Gasteiger partial charge in [0, 0.05) is 11.4 Å². The predicted octanol–water partition coefficient (Wildman–Crippen LogP) is 2.81. The number of rotatable bonds is 3. The third kappa shape index (κ3) is 2.47. The topological polar surface area (TPSA) is 26.0 Å². The summed E-state index contributed by atoms with van der Waals surface area (Å²) in [5.41, 5.74) is 8.18. The van der Waals surface area contributed by atoms with E-state index in [9.17, 15) is 0 Å². The molecule has 0 aromatic carbocycles. The van der Waals surface area contributed by atoms with Gasteiger partial charge in [-0.2, -0.15) is 0 Å². The first-order valence-corrected chi connectivity index (χ1v) is 5.09. The summed E-state index contributed by atoms with van der Waals surface area (Å²) in [6.07, 6.45) is 3.23. The third-order valence-corrected chi connectivity index (χ3v) is 2.72. The van der Waals surface area contributed by atoms with Crippen molar-refractivity contribution >= 4 is 17.4 Å². The average molecular weight is 181 g/mol. The first kappa shape index (κ1) is 9.49. The second-order valence-corrected chi connectivity index (χ2v) is 3.97. The Morgan fingerprint density at radius 2 is 2.42 bits per heavy atom. The molecule has 1 aromatic rings. The molecule has 0 aliphatic rings. The molecule has 12 heavy (non-hydrogen) atoms. The van der Waals surface area contributed by atoms with Crippen LogP contribution in [0.1, 0.15) is 23.8 Å². The highest BCUT2D eigenvalue weighted by atomic mass is 32.1. The summed E-state index contributed by atoms with van der Waals surface area (Å²) in [6.45, 7) is 4.93. The molecule has 0 aliphatic heterocycles. The van der Waals surface area contributed by atoms with Crippen LogP contribution >= 0.6 is 11.3 Å². The van der Waals surface area contributed by atoms with Crippen LogP contribution in [0, 0.1) is 6.92 Å². The zero-order chi connectivity index (χ0) is 8.97. The van der Waals surface area contributed by atoms with Crippen molar-refractivity contribution in [3.8, 4) is 0 Å². The Labute approximate surface area is 77.9 Å². The van der Waals surface area contributed by atoms with Gasteiger partial charge in [0.1, 0.15) is 0 Å². The number of hydrogen-bond acceptors (Lipinski definition) is 2. The Hall–Kier alpha value is -0.600. The first-order chi connectivity index (χ1) is 5.76. The highest BCUT2D eigenvalue weighted by molar-refractivity contribution is 7.10. The molecule has 0 saturated carbocycles. The Morgan fingerprint density at radius 1 is 1.67 bits per heavy atom. The van der Waals surface area contributed by atoms with E-state index in [0.717, 1.165) is 6.42 Å². The molecule has 2 N–H and O–H groups in total. The predicted molar refractivity (Wildman–Crippen MR) is 56.4 cm³/mol. The first-order valence-electron chi connectivity index (χ1n) is 4.21. The fraction of sp³-hybridized carbons (Fsp3) is 0.400. The van der Waals surface area contributed by atoms with Crippen LogP contribution in [0.15, 0.2) is 17.0 Å². The van der Waals surface area contributed by atoms with E-state index in [4.69, 9.17) is 5.73 Å². The largest absolute Gasteiger partial charge is 0.327 e. The maximum Gasteiger partial charge on any atom is 0.0140 e. The normalized spacial score (nSPS) is 12.1. The Morgan fingerprint density at radius 3 is 2.83 bits per heavy atom. The number of aryl methyl sites for hydroxylation is 1. The minimum Gasteiger partial charge on any atom is -0.327 e. The number of thiophene rings is 1. The molecule has 1 rings (SSSR count). The third-order valence-electron chi connectivity index (χ3n) is 1.84. The Bertz CT molecular complexity index is 267. The molecule has 1 aromatic heterocycles. The van der Waals surface area contributed by atoms with Crippen LogP contribution in [0.2, 0.25) is 0 Å². The number of nitrogens with two attached hydrogens (primary N) is 1. The lowest BCUT2D eigenvalue weighted by Gasteiger charge is -1.97. The molecule has 0 bridgehead atoms. The van der Waals surface area contributed by atoms with Gasteiger partial charge in [-0.25, -0.2) is 0 Å². The van der Waals surface area contributed by atoms with E-state index in [2.05, 4.69) is 31.4 Å². The van der Waals surface area contributed by atoms with Gasteiger partial charge in [-0.05, 0) is 30.4 Å². The van der Waals surface area contributed by atoms with Crippen LogP contribution in [0.5, 0.6) is 0 Å². The summed E-state index contributed by atoms with van der Waals surface area (Å²) in [5, 5.41) is 2.17. The summed E-state index contributed by atoms with van der Waals surface area (Å²) in [6, 6.07) is 2.19. The Balaban J connectivity index is 2.78. The SMILES string of the molecule is CC/C(=C\c1csc(C)c1)CN. The molecule has 0 spiro atoms. The van der Waals surface area contributed by atoms with Gasteiger partial charge >= 0.3 is 0 Å². The van der Waals surface area contributed by atoms with Gasteiger partial charge in [0.05, 0.1) is 0 Å². The molecule has 0 saturated heterocycles. The van der Waals surface area contributed by atoms with Gasteiger partial charge in [-0.3, -0.25) is 0 Å². The standard InChI is InChI=1S/C10H15NS/c1-3-9(6-11)5-10-4-8(2)12-7-10/h4-5,7H,3,6,11H2,1-2H3/b9-5+.